The molecule has 4 N–H and O–H groups in total. The van der Waals surface area contributed by atoms with Crippen molar-refractivity contribution in [2.45, 2.75) is 25.2 Å². The highest BCUT2D eigenvalue weighted by Crippen LogP contribution is 2.37. The number of carbonyl (C=O) groups is 1. The molecular weight excluding hydrogens is 474 g/mol. The molecule has 194 valence electrons. The van der Waals surface area contributed by atoms with E-state index in [4.69, 9.17) is 5.73 Å². The van der Waals surface area contributed by atoms with Gasteiger partial charge in [-0.3, -0.25) is 4.79 Å². The van der Waals surface area contributed by atoms with Gasteiger partial charge in [0, 0.05) is 49.8 Å². The SMILES string of the molecule is CNCCN(C)CCS(=O)(=O)N1CCC(c2c[nH]c3c(CC(N)=O)cc(-c4ccccc4)cc23)CC1. The number of nitrogens with zero attached hydrogens (tertiary/aromatic N) is 2. The number of carbonyl (C=O) groups excluding carboxylic acids is 1. The number of nitrogens with two attached hydrogens (primary N) is 1. The van der Waals surface area contributed by atoms with Crippen molar-refractivity contribution in [3.63, 3.8) is 0 Å². The Morgan fingerprint density at radius 2 is 1.86 bits per heavy atom. The lowest BCUT2D eigenvalue weighted by Crippen LogP contribution is -2.41. The summed E-state index contributed by atoms with van der Waals surface area (Å²) in [6.07, 6.45) is 3.72. The van der Waals surface area contributed by atoms with Gasteiger partial charge in [0.25, 0.3) is 0 Å². The molecule has 36 heavy (non-hydrogen) atoms. The third kappa shape index (κ3) is 6.15. The number of fused-ring (bicyclic) bond motifs is 1. The number of rotatable bonds is 11. The zero-order chi connectivity index (χ0) is 25.7. The van der Waals surface area contributed by atoms with Crippen LogP contribution in [0.5, 0.6) is 0 Å². The van der Waals surface area contributed by atoms with Crippen molar-refractivity contribution in [1.29, 1.82) is 0 Å². The third-order valence-corrected chi connectivity index (χ3v) is 8.99. The molecule has 0 spiro atoms. The first-order chi connectivity index (χ1) is 17.3. The minimum atomic E-state index is -3.29. The molecule has 2 aromatic carbocycles. The maximum Gasteiger partial charge on any atom is 0.221 e. The Morgan fingerprint density at radius 1 is 1.14 bits per heavy atom. The minimum Gasteiger partial charge on any atom is -0.369 e. The monoisotopic (exact) mass is 511 g/mol. The summed E-state index contributed by atoms with van der Waals surface area (Å²) in [5.74, 6) is 0.0192. The third-order valence-electron chi connectivity index (χ3n) is 7.14. The fraction of sp³-hybridized carbons (Fsp3) is 0.444. The maximum atomic E-state index is 13.0. The van der Waals surface area contributed by atoms with Crippen LogP contribution in [0.25, 0.3) is 22.0 Å². The summed E-state index contributed by atoms with van der Waals surface area (Å²) in [7, 11) is 0.554. The Hall–Kier alpha value is -2.72. The van der Waals surface area contributed by atoms with Gasteiger partial charge in [-0.25, -0.2) is 12.7 Å². The number of primary amides is 1. The zero-order valence-corrected chi connectivity index (χ0v) is 22.0. The van der Waals surface area contributed by atoms with Gasteiger partial charge in [0.05, 0.1) is 12.2 Å². The first kappa shape index (κ1) is 26.3. The van der Waals surface area contributed by atoms with Gasteiger partial charge in [-0.1, -0.05) is 30.3 Å². The van der Waals surface area contributed by atoms with Crippen LogP contribution in [0.4, 0.5) is 0 Å². The van der Waals surface area contributed by atoms with E-state index >= 15 is 0 Å². The number of aromatic amines is 1. The van der Waals surface area contributed by atoms with Gasteiger partial charge in [0.15, 0.2) is 0 Å². The fourth-order valence-electron chi connectivity index (χ4n) is 5.05. The van der Waals surface area contributed by atoms with E-state index in [-0.39, 0.29) is 24.0 Å². The zero-order valence-electron chi connectivity index (χ0n) is 21.2. The van der Waals surface area contributed by atoms with Gasteiger partial charge in [-0.15, -0.1) is 0 Å². The van der Waals surface area contributed by atoms with Gasteiger partial charge in [0.2, 0.25) is 15.9 Å². The smallest absolute Gasteiger partial charge is 0.221 e. The molecule has 1 saturated heterocycles. The van der Waals surface area contributed by atoms with E-state index in [1.165, 1.54) is 5.56 Å². The van der Waals surface area contributed by atoms with Gasteiger partial charge in [-0.05, 0) is 67.2 Å². The fourth-order valence-corrected chi connectivity index (χ4v) is 6.62. The number of likely N-dealkylation sites (N-methyl/N-ethyl adjacent to an activating group) is 2. The van der Waals surface area contributed by atoms with E-state index < -0.39 is 10.0 Å². The van der Waals surface area contributed by atoms with Crippen LogP contribution in [-0.4, -0.2) is 81.1 Å². The molecule has 1 fully saturated rings. The standard InChI is InChI=1S/C27H37N5O3S/c1-29-10-13-31(2)14-15-36(34,35)32-11-8-21(9-12-32)25-19-30-27-23(18-26(28)33)16-22(17-24(25)27)20-6-4-3-5-7-20/h3-7,16-17,19,21,29-30H,8-15,18H2,1-2H3,(H2,28,33). The highest BCUT2D eigenvalue weighted by molar-refractivity contribution is 7.89. The van der Waals surface area contributed by atoms with Gasteiger partial charge in [-0.2, -0.15) is 0 Å². The molecular formula is C27H37N5O3S. The van der Waals surface area contributed by atoms with Crippen LogP contribution >= 0.6 is 0 Å². The molecule has 4 rings (SSSR count). The number of piperidine rings is 1. The lowest BCUT2D eigenvalue weighted by atomic mass is 9.88. The predicted molar refractivity (Wildman–Crippen MR) is 145 cm³/mol. The molecule has 0 aliphatic carbocycles. The number of hydrogen-bond acceptors (Lipinski definition) is 5. The number of aromatic nitrogens is 1. The molecule has 1 amide bonds. The van der Waals surface area contributed by atoms with E-state index in [0.29, 0.717) is 19.6 Å². The molecule has 0 radical (unpaired) electrons. The van der Waals surface area contributed by atoms with E-state index in [9.17, 15) is 13.2 Å². The molecule has 0 atom stereocenters. The maximum absolute atomic E-state index is 13.0. The summed E-state index contributed by atoms with van der Waals surface area (Å²) in [6, 6.07) is 14.3. The van der Waals surface area contributed by atoms with Gasteiger partial charge < -0.3 is 20.9 Å². The summed E-state index contributed by atoms with van der Waals surface area (Å²) < 4.78 is 27.6. The second kappa shape index (κ2) is 11.6. The number of nitrogens with one attached hydrogen (secondary N) is 2. The van der Waals surface area contributed by atoms with Gasteiger partial charge in [0.1, 0.15) is 0 Å². The lowest BCUT2D eigenvalue weighted by molar-refractivity contribution is -0.117. The molecule has 1 aromatic heterocycles. The molecule has 1 aliphatic heterocycles. The number of sulfonamides is 1. The summed E-state index contributed by atoms with van der Waals surface area (Å²) in [6.45, 7) is 3.22. The van der Waals surface area contributed by atoms with Crippen LogP contribution in [0.3, 0.4) is 0 Å². The molecule has 2 heterocycles. The second-order valence-electron chi connectivity index (χ2n) is 9.71. The van der Waals surface area contributed by atoms with Crippen LogP contribution < -0.4 is 11.1 Å². The molecule has 8 nitrogen and oxygen atoms in total. The second-order valence-corrected chi connectivity index (χ2v) is 11.8. The Balaban J connectivity index is 1.52. The highest BCUT2D eigenvalue weighted by atomic mass is 32.2. The van der Waals surface area contributed by atoms with E-state index in [1.807, 2.05) is 49.5 Å². The lowest BCUT2D eigenvalue weighted by Gasteiger charge is -2.31. The van der Waals surface area contributed by atoms with Crippen LogP contribution in [0.1, 0.15) is 29.9 Å². The van der Waals surface area contributed by atoms with Crippen LogP contribution in [0.15, 0.2) is 48.7 Å². The van der Waals surface area contributed by atoms with Crippen LogP contribution in [-0.2, 0) is 21.2 Å². The van der Waals surface area contributed by atoms with Crippen molar-refractivity contribution >= 4 is 26.8 Å². The normalized spacial score (nSPS) is 15.6. The largest absolute Gasteiger partial charge is 0.369 e. The summed E-state index contributed by atoms with van der Waals surface area (Å²) >= 11 is 0. The average Bonchev–Trinajstić information content (AvgIpc) is 3.31. The predicted octanol–water partition coefficient (Wildman–Crippen LogP) is 2.52. The highest BCUT2D eigenvalue weighted by Gasteiger charge is 2.30. The quantitative estimate of drug-likeness (QED) is 0.366. The first-order valence-corrected chi connectivity index (χ1v) is 14.2. The topological polar surface area (TPSA) is 112 Å². The van der Waals surface area contributed by atoms with Crippen molar-refractivity contribution < 1.29 is 13.2 Å². The van der Waals surface area contributed by atoms with Crippen LogP contribution in [0, 0.1) is 0 Å². The number of benzene rings is 2. The Labute approximate surface area is 213 Å². The molecule has 0 bridgehead atoms. The molecule has 9 heteroatoms. The van der Waals surface area contributed by atoms with Crippen molar-refractivity contribution in [3.05, 3.63) is 59.8 Å². The summed E-state index contributed by atoms with van der Waals surface area (Å²) in [5.41, 5.74) is 10.7. The van der Waals surface area contributed by atoms with E-state index in [0.717, 1.165) is 53.5 Å². The molecule has 3 aromatic rings. The van der Waals surface area contributed by atoms with E-state index in [2.05, 4.69) is 28.5 Å². The number of amides is 1. The van der Waals surface area contributed by atoms with Crippen molar-refractivity contribution in [2.24, 2.45) is 5.73 Å². The van der Waals surface area contributed by atoms with Crippen molar-refractivity contribution in [3.8, 4) is 11.1 Å². The average molecular weight is 512 g/mol. The van der Waals surface area contributed by atoms with Crippen molar-refractivity contribution in [1.82, 2.24) is 19.5 Å². The van der Waals surface area contributed by atoms with E-state index in [1.54, 1.807) is 4.31 Å². The first-order valence-electron chi connectivity index (χ1n) is 12.6. The number of H-pyrrole nitrogens is 1. The minimum absolute atomic E-state index is 0.141. The molecule has 1 aliphatic rings. The molecule has 0 unspecified atom stereocenters. The Kier molecular flexibility index (Phi) is 8.46. The summed E-state index contributed by atoms with van der Waals surface area (Å²) in [5, 5.41) is 4.17. The van der Waals surface area contributed by atoms with Gasteiger partial charge >= 0.3 is 0 Å². The van der Waals surface area contributed by atoms with Crippen LogP contribution in [0.2, 0.25) is 0 Å². The summed E-state index contributed by atoms with van der Waals surface area (Å²) in [4.78, 5) is 17.2. The molecule has 0 saturated carbocycles. The van der Waals surface area contributed by atoms with Crippen molar-refractivity contribution in [2.75, 3.05) is 52.6 Å². The Bertz CT molecular complexity index is 1280. The number of hydrogen-bond donors (Lipinski definition) is 3. The Morgan fingerprint density at radius 3 is 2.53 bits per heavy atom.